The molecule has 8 atom stereocenters. The number of nitrogens with one attached hydrogen (secondary N) is 4. The van der Waals surface area contributed by atoms with Gasteiger partial charge in [-0.25, -0.2) is 14.4 Å². The highest BCUT2D eigenvalue weighted by atomic mass is 32.2. The second-order valence-corrected chi connectivity index (χ2v) is 24.6. The van der Waals surface area contributed by atoms with Crippen molar-refractivity contribution in [2.24, 2.45) is 34.8 Å². The van der Waals surface area contributed by atoms with Gasteiger partial charge in [0.05, 0.1) is 12.1 Å². The van der Waals surface area contributed by atoms with Crippen molar-refractivity contribution in [3.05, 3.63) is 59.2 Å². The molecule has 0 spiro atoms. The van der Waals surface area contributed by atoms with Gasteiger partial charge in [-0.05, 0) is 152 Å². The lowest BCUT2D eigenvalue weighted by atomic mass is 9.52. The lowest BCUT2D eigenvalue weighted by molar-refractivity contribution is -0.284. The number of carbonyl (C=O) groups excluding carboxylic acids is 5. The first-order valence-electron chi connectivity index (χ1n) is 28.9. The molecule has 3 aliphatic rings. The van der Waals surface area contributed by atoms with Gasteiger partial charge in [0.15, 0.2) is 0 Å². The third kappa shape index (κ3) is 19.4. The molecule has 5 rings (SSSR count). The minimum atomic E-state index is -5.49. The molecule has 2 fully saturated rings. The Morgan fingerprint density at radius 3 is 2.12 bits per heavy atom. The van der Waals surface area contributed by atoms with Gasteiger partial charge in [0.25, 0.3) is 0 Å². The number of hydrogen-bond acceptors (Lipinski definition) is 10. The number of benzene rings is 2. The van der Waals surface area contributed by atoms with E-state index in [4.69, 9.17) is 15.2 Å². The van der Waals surface area contributed by atoms with Gasteiger partial charge in [-0.1, -0.05) is 91.3 Å². The number of urea groups is 1. The minimum Gasteiger partial charge on any atom is -0.445 e. The maximum atomic E-state index is 13.5. The summed E-state index contributed by atoms with van der Waals surface area (Å²) < 4.78 is 74.9. The van der Waals surface area contributed by atoms with E-state index >= 15 is 0 Å². The third-order valence-corrected chi connectivity index (χ3v) is 17.8. The molecule has 15 nitrogen and oxygen atoms in total. The van der Waals surface area contributed by atoms with Crippen molar-refractivity contribution in [2.45, 2.75) is 193 Å². The van der Waals surface area contributed by atoms with E-state index < -0.39 is 54.7 Å². The number of unbranched alkanes of at least 4 members (excludes halogenated alkanes) is 6. The van der Waals surface area contributed by atoms with Gasteiger partial charge in [-0.2, -0.15) is 33.7 Å². The Hall–Kier alpha value is -4.89. The molecule has 0 aliphatic heterocycles. The third-order valence-electron chi connectivity index (χ3n) is 16.6. The number of primary amides is 1. The van der Waals surface area contributed by atoms with Crippen molar-refractivity contribution in [2.75, 3.05) is 50.6 Å². The van der Waals surface area contributed by atoms with Crippen molar-refractivity contribution in [1.82, 2.24) is 25.8 Å². The molecule has 1 unspecified atom stereocenters. The summed E-state index contributed by atoms with van der Waals surface area (Å²) in [4.78, 5) is 67.2. The van der Waals surface area contributed by atoms with Gasteiger partial charge in [0.1, 0.15) is 18.4 Å². The summed E-state index contributed by atoms with van der Waals surface area (Å²) >= 11 is 1.44. The first kappa shape index (κ1) is 65.9. The molecule has 21 heteroatoms. The predicted octanol–water partition coefficient (Wildman–Crippen LogP) is 11.6. The number of nitrogens with zero attached hydrogens (tertiary/aromatic N) is 2. The fourth-order valence-corrected chi connectivity index (χ4v) is 13.0. The lowest BCUT2D eigenvalue weighted by Crippen LogP contribution is -2.54. The van der Waals surface area contributed by atoms with Gasteiger partial charge >= 0.3 is 30.3 Å². The fourth-order valence-electron chi connectivity index (χ4n) is 12.0. The van der Waals surface area contributed by atoms with Crippen LogP contribution in [0.1, 0.15) is 160 Å². The van der Waals surface area contributed by atoms with E-state index in [2.05, 4.69) is 34.3 Å². The standard InChI is InChI=1S/C59H90F5N7O8S/c1-38(2)51(67-39(3)4)53(74)69-48(18-15-30-66-54(65)75)52(73)68-43-21-19-40(20-22-43)37-78-55(76)70(6)31-32-71(7)56(77)79-44-23-24-45-42(36-44)35-41(50-46(45)27-29-57(5)47(50)25-26-49(57)72)17-13-11-9-8-10-12-14-33-80-34-16-28-58(60,61)59(62,63)64/h19-24,36,38-39,41,46-51,67,72H,8-18,25-35,37H2,1-7H3,(H,68,73)(H,69,74)(H3,65,66,75)/t41-,46?,47+,48+,49+,50-,51+,57+/m1/s1. The number of aliphatic hydroxyl groups is 1. The first-order chi connectivity index (χ1) is 37.8. The Balaban J connectivity index is 1.06. The Morgan fingerprint density at radius 2 is 1.48 bits per heavy atom. The van der Waals surface area contributed by atoms with Crippen molar-refractivity contribution in [1.29, 1.82) is 0 Å². The summed E-state index contributed by atoms with van der Waals surface area (Å²) in [6.07, 6.45) is 5.52. The molecule has 0 aromatic heterocycles. The minimum absolute atomic E-state index is 0.0385. The Kier molecular flexibility index (Phi) is 25.5. The van der Waals surface area contributed by atoms with Crippen LogP contribution in [0.25, 0.3) is 0 Å². The number of aliphatic hydroxyl groups excluding tert-OH is 1. The van der Waals surface area contributed by atoms with E-state index in [0.717, 1.165) is 89.2 Å². The molecule has 2 aromatic rings. The molecule has 0 bridgehead atoms. The van der Waals surface area contributed by atoms with E-state index in [1.165, 1.54) is 32.7 Å². The van der Waals surface area contributed by atoms with E-state index in [9.17, 15) is 51.0 Å². The molecule has 0 heterocycles. The van der Waals surface area contributed by atoms with Gasteiger partial charge < -0.3 is 51.4 Å². The van der Waals surface area contributed by atoms with Crippen LogP contribution in [-0.2, 0) is 27.4 Å². The molecule has 3 aliphatic carbocycles. The van der Waals surface area contributed by atoms with Crippen LogP contribution in [-0.4, -0.2) is 127 Å². The number of likely N-dealkylation sites (N-methyl/N-ethyl adjacent to an activating group) is 2. The van der Waals surface area contributed by atoms with Crippen LogP contribution >= 0.6 is 11.8 Å². The van der Waals surface area contributed by atoms with Crippen LogP contribution < -0.4 is 31.7 Å². The number of fused-ring (bicyclic) bond motifs is 5. The summed E-state index contributed by atoms with van der Waals surface area (Å²) in [6, 6.07) is 10.7. The number of ether oxygens (including phenoxy) is 2. The Labute approximate surface area is 474 Å². The molecular weight excluding hydrogens is 1060 g/mol. The highest BCUT2D eigenvalue weighted by molar-refractivity contribution is 7.99. The van der Waals surface area contributed by atoms with Crippen molar-refractivity contribution >= 4 is 47.5 Å². The molecule has 80 heavy (non-hydrogen) atoms. The Bertz CT molecular complexity index is 2310. The number of hydrogen-bond donors (Lipinski definition) is 6. The molecule has 7 N–H and O–H groups in total. The van der Waals surface area contributed by atoms with Crippen LogP contribution in [0.4, 0.5) is 42.0 Å². The fraction of sp³-hybridized carbons (Fsp3) is 0.712. The Morgan fingerprint density at radius 1 is 0.825 bits per heavy atom. The quantitative estimate of drug-likeness (QED) is 0.0311. The number of carbonyl (C=O) groups is 5. The number of anilines is 1. The van der Waals surface area contributed by atoms with Gasteiger partial charge in [0, 0.05) is 51.9 Å². The summed E-state index contributed by atoms with van der Waals surface area (Å²) in [6.45, 7) is 10.5. The van der Waals surface area contributed by atoms with E-state index in [1.807, 2.05) is 39.8 Å². The van der Waals surface area contributed by atoms with Crippen molar-refractivity contribution in [3.8, 4) is 5.75 Å². The maximum absolute atomic E-state index is 13.5. The van der Waals surface area contributed by atoms with Crippen molar-refractivity contribution in [3.63, 3.8) is 0 Å². The molecule has 0 saturated heterocycles. The van der Waals surface area contributed by atoms with Crippen LogP contribution in [0, 0.1) is 29.1 Å². The SMILES string of the molecule is CC(C)N[C@H](C(=O)N[C@@H](CCCNC(N)=O)C(=O)Nc1ccc(COC(=O)N(C)CCN(C)C(=O)Oc2ccc3c(c2)C[C@@H](CCCCCCCCCSCCCC(F)(F)C(F)(F)F)[C@@H]2C3CC[C@]3(C)[C@@H](O)CC[C@@H]23)cc1)C(C)C. The van der Waals surface area contributed by atoms with Crippen LogP contribution in [0.2, 0.25) is 0 Å². The highest BCUT2D eigenvalue weighted by Crippen LogP contribution is 2.63. The maximum Gasteiger partial charge on any atom is 0.453 e. The molecule has 2 aromatic carbocycles. The number of thioether (sulfide) groups is 1. The zero-order valence-electron chi connectivity index (χ0n) is 48.1. The monoisotopic (exact) mass is 1150 g/mol. The predicted molar refractivity (Wildman–Crippen MR) is 303 cm³/mol. The number of alkyl halides is 5. The molecule has 0 radical (unpaired) electrons. The molecule has 2 saturated carbocycles. The van der Waals surface area contributed by atoms with Crippen LogP contribution in [0.15, 0.2) is 42.5 Å². The molecular formula is C59H90F5N7O8S. The van der Waals surface area contributed by atoms with Crippen LogP contribution in [0.5, 0.6) is 5.75 Å². The zero-order chi connectivity index (χ0) is 58.8. The normalized spacial score (nSPS) is 21.4. The van der Waals surface area contributed by atoms with E-state index in [-0.39, 0.29) is 68.5 Å². The zero-order valence-corrected chi connectivity index (χ0v) is 48.9. The van der Waals surface area contributed by atoms with Crippen LogP contribution in [0.3, 0.4) is 0 Å². The summed E-state index contributed by atoms with van der Waals surface area (Å²) in [5, 5.41) is 22.6. The summed E-state index contributed by atoms with van der Waals surface area (Å²) in [5.41, 5.74) is 8.75. The van der Waals surface area contributed by atoms with E-state index in [1.54, 1.807) is 38.4 Å². The second-order valence-electron chi connectivity index (χ2n) is 23.4. The molecule has 450 valence electrons. The first-order valence-corrected chi connectivity index (χ1v) is 30.1. The number of nitrogens with two attached hydrogens (primary N) is 1. The smallest absolute Gasteiger partial charge is 0.445 e. The van der Waals surface area contributed by atoms with E-state index in [0.29, 0.717) is 52.8 Å². The van der Waals surface area contributed by atoms with Gasteiger partial charge in [-0.15, -0.1) is 0 Å². The topological polar surface area (TPSA) is 205 Å². The molecule has 6 amide bonds. The number of rotatable bonds is 31. The second kappa shape index (κ2) is 31.0. The number of amides is 6. The van der Waals surface area contributed by atoms with Gasteiger partial charge in [-0.3, -0.25) is 9.59 Å². The highest BCUT2D eigenvalue weighted by Gasteiger charge is 2.57. The van der Waals surface area contributed by atoms with Gasteiger partial charge in [0.2, 0.25) is 11.8 Å². The summed E-state index contributed by atoms with van der Waals surface area (Å²) in [7, 11) is 3.19. The van der Waals surface area contributed by atoms with Crippen molar-refractivity contribution < 1.29 is 60.5 Å². The average Bonchev–Trinajstić information content (AvgIpc) is 3.78. The average molecular weight is 1150 g/mol. The lowest BCUT2D eigenvalue weighted by Gasteiger charge is -2.53. The number of halogens is 5. The summed E-state index contributed by atoms with van der Waals surface area (Å²) in [5.74, 6) is -2.19. The largest absolute Gasteiger partial charge is 0.453 e.